The highest BCUT2D eigenvalue weighted by Gasteiger charge is 2.30. The fraction of sp³-hybridized carbons (Fsp3) is 0.462. The molecule has 174 valence electrons. The van der Waals surface area contributed by atoms with Crippen molar-refractivity contribution in [3.05, 3.63) is 65.2 Å². The summed E-state index contributed by atoms with van der Waals surface area (Å²) in [6, 6.07) is 15.4. The van der Waals surface area contributed by atoms with Crippen LogP contribution in [0.5, 0.6) is 5.75 Å². The molecule has 0 unspecified atom stereocenters. The third-order valence-corrected chi connectivity index (χ3v) is 5.96. The molecule has 0 saturated heterocycles. The molecule has 1 atom stereocenters. The molecule has 0 aliphatic carbocycles. The minimum absolute atomic E-state index is 0.0330. The maximum atomic E-state index is 13.3. The lowest BCUT2D eigenvalue weighted by atomic mass is 10.1. The molecule has 0 saturated carbocycles. The predicted octanol–water partition coefficient (Wildman–Crippen LogP) is 4.96. The third-order valence-electron chi connectivity index (χ3n) is 4.97. The number of hydrogen-bond donors (Lipinski definition) is 1. The summed E-state index contributed by atoms with van der Waals surface area (Å²) in [5.41, 5.74) is 3.01. The van der Waals surface area contributed by atoms with E-state index in [0.717, 1.165) is 17.1 Å². The molecule has 0 aliphatic heterocycles. The van der Waals surface area contributed by atoms with E-state index in [4.69, 9.17) is 4.74 Å². The molecule has 2 rings (SSSR count). The number of nitrogens with one attached hydrogen (secondary N) is 1. The van der Waals surface area contributed by atoms with Crippen LogP contribution in [0.2, 0.25) is 0 Å². The van der Waals surface area contributed by atoms with E-state index in [2.05, 4.69) is 30.4 Å². The molecule has 1 N–H and O–H groups in total. The Balaban J connectivity index is 2.16. The molecule has 6 heteroatoms. The van der Waals surface area contributed by atoms with Crippen molar-refractivity contribution >= 4 is 23.6 Å². The van der Waals surface area contributed by atoms with Gasteiger partial charge in [0.15, 0.2) is 0 Å². The van der Waals surface area contributed by atoms with Gasteiger partial charge in [0, 0.05) is 17.8 Å². The summed E-state index contributed by atoms with van der Waals surface area (Å²) in [5, 5.41) is 3.04. The fourth-order valence-electron chi connectivity index (χ4n) is 3.44. The zero-order chi connectivity index (χ0) is 23.7. The van der Waals surface area contributed by atoms with E-state index in [0.29, 0.717) is 18.7 Å². The molecule has 2 amide bonds. The van der Waals surface area contributed by atoms with Gasteiger partial charge in [0.05, 0.1) is 12.9 Å². The highest BCUT2D eigenvalue weighted by atomic mass is 32.2. The van der Waals surface area contributed by atoms with Crippen LogP contribution in [-0.2, 0) is 21.9 Å². The van der Waals surface area contributed by atoms with Gasteiger partial charge in [0.1, 0.15) is 11.8 Å². The first-order valence-electron chi connectivity index (χ1n) is 11.0. The van der Waals surface area contributed by atoms with Crippen molar-refractivity contribution in [3.8, 4) is 5.75 Å². The highest BCUT2D eigenvalue weighted by Crippen LogP contribution is 2.20. The molecule has 0 aliphatic rings. The Labute approximate surface area is 196 Å². The Morgan fingerprint density at radius 3 is 2.34 bits per heavy atom. The number of thioether (sulfide) groups is 1. The van der Waals surface area contributed by atoms with Crippen LogP contribution in [0.1, 0.15) is 50.8 Å². The van der Waals surface area contributed by atoms with Crippen molar-refractivity contribution in [2.45, 2.75) is 64.9 Å². The molecule has 0 aromatic heterocycles. The van der Waals surface area contributed by atoms with Crippen LogP contribution >= 0.6 is 11.8 Å². The number of carbonyl (C=O) groups excluding carboxylic acids is 2. The number of benzene rings is 2. The molecule has 32 heavy (non-hydrogen) atoms. The largest absolute Gasteiger partial charge is 0.497 e. The first-order valence-corrected chi connectivity index (χ1v) is 12.2. The van der Waals surface area contributed by atoms with Gasteiger partial charge in [-0.15, -0.1) is 11.8 Å². The monoisotopic (exact) mass is 456 g/mol. The number of ether oxygens (including phenoxy) is 1. The second kappa shape index (κ2) is 12.0. The Bertz CT molecular complexity index is 891. The molecule has 0 spiro atoms. The van der Waals surface area contributed by atoms with Crippen molar-refractivity contribution in [1.82, 2.24) is 10.2 Å². The van der Waals surface area contributed by atoms with E-state index in [1.54, 1.807) is 23.8 Å². The molecule has 2 aromatic carbocycles. The number of methoxy groups -OCH3 is 1. The number of rotatable bonds is 10. The quantitative estimate of drug-likeness (QED) is 0.549. The van der Waals surface area contributed by atoms with Gasteiger partial charge < -0.3 is 15.0 Å². The van der Waals surface area contributed by atoms with Gasteiger partial charge in [-0.1, -0.05) is 48.9 Å². The molecule has 0 fully saturated rings. The van der Waals surface area contributed by atoms with E-state index in [-0.39, 0.29) is 17.4 Å². The van der Waals surface area contributed by atoms with Gasteiger partial charge in [-0.25, -0.2) is 0 Å². The SMILES string of the molecule is CC[C@H](C(=O)NC(C)(C)C)N(Cc1ccc(OC)cc1)C(=O)CSCc1cccc(C)c1. The molecular formula is C26H36N2O3S. The maximum absolute atomic E-state index is 13.3. The van der Waals surface area contributed by atoms with Gasteiger partial charge in [-0.05, 0) is 57.4 Å². The average molecular weight is 457 g/mol. The molecular weight excluding hydrogens is 420 g/mol. The Morgan fingerprint density at radius 2 is 1.78 bits per heavy atom. The summed E-state index contributed by atoms with van der Waals surface area (Å²) in [6.07, 6.45) is 0.548. The van der Waals surface area contributed by atoms with Crippen molar-refractivity contribution in [3.63, 3.8) is 0 Å². The molecule has 2 aromatic rings. The van der Waals surface area contributed by atoms with Crippen LogP contribution in [0.25, 0.3) is 0 Å². The van der Waals surface area contributed by atoms with Crippen LogP contribution in [0.3, 0.4) is 0 Å². The second-order valence-electron chi connectivity index (χ2n) is 9.01. The van der Waals surface area contributed by atoms with Crippen LogP contribution in [0.4, 0.5) is 0 Å². The molecule has 0 bridgehead atoms. The average Bonchev–Trinajstić information content (AvgIpc) is 2.72. The molecule has 5 nitrogen and oxygen atoms in total. The lowest BCUT2D eigenvalue weighted by Gasteiger charge is -2.33. The number of carbonyl (C=O) groups is 2. The Kier molecular flexibility index (Phi) is 9.63. The smallest absolute Gasteiger partial charge is 0.243 e. The highest BCUT2D eigenvalue weighted by molar-refractivity contribution is 7.99. The third kappa shape index (κ3) is 8.23. The van der Waals surface area contributed by atoms with E-state index in [1.807, 2.05) is 58.0 Å². The van der Waals surface area contributed by atoms with E-state index in [1.165, 1.54) is 11.1 Å². The lowest BCUT2D eigenvalue weighted by molar-refractivity contribution is -0.140. The first kappa shape index (κ1) is 25.8. The number of nitrogens with zero attached hydrogens (tertiary/aromatic N) is 1. The standard InChI is InChI=1S/C26H36N2O3S/c1-7-23(25(30)27-26(3,4)5)28(16-20-11-13-22(31-6)14-12-20)24(29)18-32-17-21-10-8-9-19(2)15-21/h8-15,23H,7,16-18H2,1-6H3,(H,27,30)/t23-/m1/s1. The summed E-state index contributed by atoms with van der Waals surface area (Å²) in [6.45, 7) is 10.2. The van der Waals surface area contributed by atoms with Crippen molar-refractivity contribution < 1.29 is 14.3 Å². The molecule has 0 heterocycles. The van der Waals surface area contributed by atoms with Crippen molar-refractivity contribution in [1.29, 1.82) is 0 Å². The summed E-state index contributed by atoms with van der Waals surface area (Å²) in [7, 11) is 1.63. The summed E-state index contributed by atoms with van der Waals surface area (Å²) < 4.78 is 5.24. The van der Waals surface area contributed by atoms with E-state index in [9.17, 15) is 9.59 Å². The minimum Gasteiger partial charge on any atom is -0.497 e. The Morgan fingerprint density at radius 1 is 1.09 bits per heavy atom. The topological polar surface area (TPSA) is 58.6 Å². The predicted molar refractivity (Wildman–Crippen MR) is 133 cm³/mol. The summed E-state index contributed by atoms with van der Waals surface area (Å²) in [5.74, 6) is 1.69. The number of hydrogen-bond acceptors (Lipinski definition) is 4. The van der Waals surface area contributed by atoms with E-state index < -0.39 is 6.04 Å². The maximum Gasteiger partial charge on any atom is 0.243 e. The van der Waals surface area contributed by atoms with Crippen LogP contribution in [0, 0.1) is 6.92 Å². The number of amides is 2. The first-order chi connectivity index (χ1) is 15.1. The lowest BCUT2D eigenvalue weighted by Crippen LogP contribution is -2.53. The van der Waals surface area contributed by atoms with Gasteiger partial charge in [0.2, 0.25) is 11.8 Å². The van der Waals surface area contributed by atoms with Crippen molar-refractivity contribution in [2.75, 3.05) is 12.9 Å². The number of aryl methyl sites for hydroxylation is 1. The van der Waals surface area contributed by atoms with Crippen LogP contribution < -0.4 is 10.1 Å². The van der Waals surface area contributed by atoms with E-state index >= 15 is 0 Å². The minimum atomic E-state index is -0.525. The van der Waals surface area contributed by atoms with Gasteiger partial charge in [-0.2, -0.15) is 0 Å². The van der Waals surface area contributed by atoms with Crippen molar-refractivity contribution in [2.24, 2.45) is 0 Å². The molecule has 0 radical (unpaired) electrons. The fourth-order valence-corrected chi connectivity index (χ4v) is 4.30. The van der Waals surface area contributed by atoms with Crippen LogP contribution in [-0.4, -0.2) is 41.2 Å². The summed E-state index contributed by atoms with van der Waals surface area (Å²) in [4.78, 5) is 28.0. The summed E-state index contributed by atoms with van der Waals surface area (Å²) >= 11 is 1.58. The van der Waals surface area contributed by atoms with Gasteiger partial charge in [-0.3, -0.25) is 9.59 Å². The van der Waals surface area contributed by atoms with Crippen LogP contribution in [0.15, 0.2) is 48.5 Å². The normalized spacial score (nSPS) is 12.2. The van der Waals surface area contributed by atoms with Gasteiger partial charge >= 0.3 is 0 Å². The zero-order valence-corrected chi connectivity index (χ0v) is 20.9. The van der Waals surface area contributed by atoms with Gasteiger partial charge in [0.25, 0.3) is 0 Å². The Hall–Kier alpha value is -2.47. The second-order valence-corrected chi connectivity index (χ2v) is 10.0. The zero-order valence-electron chi connectivity index (χ0n) is 20.1.